The number of sulfone groups is 1. The quantitative estimate of drug-likeness (QED) is 0.869. The maximum atomic E-state index is 11.7. The Morgan fingerprint density at radius 1 is 1.37 bits per heavy atom. The van der Waals surface area contributed by atoms with Gasteiger partial charge >= 0.3 is 0 Å². The predicted octanol–water partition coefficient (Wildman–Crippen LogP) is 0.457. The van der Waals surface area contributed by atoms with E-state index >= 15 is 0 Å². The normalized spacial score (nSPS) is 24.5. The number of hydrogen-bond acceptors (Lipinski definition) is 6. The van der Waals surface area contributed by atoms with Crippen molar-refractivity contribution in [3.63, 3.8) is 0 Å². The molecule has 19 heavy (non-hydrogen) atoms. The molecule has 2 atom stereocenters. The molecule has 2 rings (SSSR count). The van der Waals surface area contributed by atoms with Gasteiger partial charge < -0.3 is 10.2 Å². The zero-order chi connectivity index (χ0) is 14.0. The van der Waals surface area contributed by atoms with Gasteiger partial charge in [0.15, 0.2) is 9.84 Å². The summed E-state index contributed by atoms with van der Waals surface area (Å²) < 4.78 is 23.4. The first-order valence-electron chi connectivity index (χ1n) is 6.49. The van der Waals surface area contributed by atoms with Crippen LogP contribution in [0.3, 0.4) is 0 Å². The summed E-state index contributed by atoms with van der Waals surface area (Å²) in [6.45, 7) is 7.51. The topological polar surface area (TPSA) is 75.2 Å². The van der Waals surface area contributed by atoms with Crippen LogP contribution in [0.1, 0.15) is 20.8 Å². The molecule has 0 bridgehead atoms. The van der Waals surface area contributed by atoms with E-state index in [4.69, 9.17) is 0 Å². The molecular formula is C12H20N4O2S. The maximum absolute atomic E-state index is 11.7. The second-order valence-electron chi connectivity index (χ2n) is 4.93. The van der Waals surface area contributed by atoms with Crippen LogP contribution in [0.4, 0.5) is 5.95 Å². The SMILES string of the molecule is CCS(=O)(=O)c1cnc(N2C[C@@H](C)NC[C@@H]2C)nc1. The summed E-state index contributed by atoms with van der Waals surface area (Å²) in [5.74, 6) is 0.660. The van der Waals surface area contributed by atoms with E-state index in [-0.39, 0.29) is 10.6 Å². The Morgan fingerprint density at radius 2 is 2.00 bits per heavy atom. The highest BCUT2D eigenvalue weighted by Gasteiger charge is 2.24. The minimum Gasteiger partial charge on any atom is -0.335 e. The van der Waals surface area contributed by atoms with E-state index in [1.165, 1.54) is 12.4 Å². The maximum Gasteiger partial charge on any atom is 0.225 e. The highest BCUT2D eigenvalue weighted by molar-refractivity contribution is 7.91. The smallest absolute Gasteiger partial charge is 0.225 e. The van der Waals surface area contributed by atoms with Gasteiger partial charge in [0.1, 0.15) is 4.90 Å². The highest BCUT2D eigenvalue weighted by atomic mass is 32.2. The lowest BCUT2D eigenvalue weighted by Crippen LogP contribution is -2.55. The van der Waals surface area contributed by atoms with Crippen LogP contribution in [0.5, 0.6) is 0 Å². The Kier molecular flexibility index (Phi) is 4.05. The number of nitrogens with zero attached hydrogens (tertiary/aromatic N) is 3. The van der Waals surface area contributed by atoms with Gasteiger partial charge in [0.25, 0.3) is 0 Å². The molecule has 0 aliphatic carbocycles. The molecule has 0 saturated carbocycles. The molecule has 0 amide bonds. The van der Waals surface area contributed by atoms with E-state index in [9.17, 15) is 8.42 Å². The molecule has 0 spiro atoms. The number of hydrogen-bond donors (Lipinski definition) is 1. The molecule has 7 heteroatoms. The molecule has 6 nitrogen and oxygen atoms in total. The first kappa shape index (κ1) is 14.2. The molecule has 1 aromatic heterocycles. The van der Waals surface area contributed by atoms with E-state index in [1.54, 1.807) is 6.92 Å². The molecule has 2 heterocycles. The van der Waals surface area contributed by atoms with E-state index in [2.05, 4.69) is 34.0 Å². The Balaban J connectivity index is 2.23. The van der Waals surface area contributed by atoms with Gasteiger partial charge in [0, 0.05) is 25.2 Å². The summed E-state index contributed by atoms with van der Waals surface area (Å²) in [6.07, 6.45) is 2.81. The van der Waals surface area contributed by atoms with Gasteiger partial charge in [-0.2, -0.15) is 0 Å². The summed E-state index contributed by atoms with van der Waals surface area (Å²) in [7, 11) is -3.23. The van der Waals surface area contributed by atoms with Crippen molar-refractivity contribution in [2.75, 3.05) is 23.7 Å². The molecule has 0 radical (unpaired) electrons. The summed E-state index contributed by atoms with van der Waals surface area (Å²) in [5, 5.41) is 3.38. The largest absolute Gasteiger partial charge is 0.335 e. The average molecular weight is 284 g/mol. The Morgan fingerprint density at radius 3 is 2.58 bits per heavy atom. The molecule has 1 saturated heterocycles. The second-order valence-corrected chi connectivity index (χ2v) is 7.21. The molecule has 106 valence electrons. The van der Waals surface area contributed by atoms with Crippen molar-refractivity contribution >= 4 is 15.8 Å². The predicted molar refractivity (Wildman–Crippen MR) is 74.0 cm³/mol. The molecule has 1 aliphatic heterocycles. The van der Waals surface area contributed by atoms with E-state index in [0.717, 1.165) is 13.1 Å². The monoisotopic (exact) mass is 284 g/mol. The third-order valence-electron chi connectivity index (χ3n) is 3.37. The summed E-state index contributed by atoms with van der Waals surface area (Å²) in [4.78, 5) is 10.7. The number of piperazine rings is 1. The zero-order valence-electron chi connectivity index (χ0n) is 11.5. The van der Waals surface area contributed by atoms with Gasteiger partial charge in [-0.25, -0.2) is 18.4 Å². The van der Waals surface area contributed by atoms with Crippen LogP contribution >= 0.6 is 0 Å². The Hall–Kier alpha value is -1.21. The Bertz CT molecular complexity index is 529. The van der Waals surface area contributed by atoms with Gasteiger partial charge in [0.05, 0.1) is 18.1 Å². The van der Waals surface area contributed by atoms with Crippen molar-refractivity contribution < 1.29 is 8.42 Å². The van der Waals surface area contributed by atoms with Crippen molar-refractivity contribution in [2.24, 2.45) is 0 Å². The van der Waals surface area contributed by atoms with E-state index in [1.807, 2.05) is 0 Å². The molecule has 0 unspecified atom stereocenters. The van der Waals surface area contributed by atoms with Crippen molar-refractivity contribution in [3.8, 4) is 0 Å². The van der Waals surface area contributed by atoms with Gasteiger partial charge in [-0.05, 0) is 13.8 Å². The molecule has 1 fully saturated rings. The minimum atomic E-state index is -3.23. The summed E-state index contributed by atoms with van der Waals surface area (Å²) in [5.41, 5.74) is 0. The second kappa shape index (κ2) is 5.42. The third-order valence-corrected chi connectivity index (χ3v) is 5.06. The van der Waals surface area contributed by atoms with Gasteiger partial charge in [-0.15, -0.1) is 0 Å². The van der Waals surface area contributed by atoms with E-state index in [0.29, 0.717) is 18.0 Å². The molecule has 1 aliphatic rings. The van der Waals surface area contributed by atoms with Crippen LogP contribution in [0.15, 0.2) is 17.3 Å². The number of rotatable bonds is 3. The van der Waals surface area contributed by atoms with Crippen LogP contribution in [-0.4, -0.2) is 49.3 Å². The Labute approximate surface area is 114 Å². The molecule has 1 aromatic rings. The lowest BCUT2D eigenvalue weighted by atomic mass is 10.1. The number of anilines is 1. The highest BCUT2D eigenvalue weighted by Crippen LogP contribution is 2.16. The van der Waals surface area contributed by atoms with Gasteiger partial charge in [-0.3, -0.25) is 0 Å². The van der Waals surface area contributed by atoms with E-state index < -0.39 is 9.84 Å². The number of aromatic nitrogens is 2. The standard InChI is InChI=1S/C12H20N4O2S/c1-4-19(17,18)11-6-14-12(15-7-11)16-8-9(2)13-5-10(16)3/h6-7,9-10,13H,4-5,8H2,1-3H3/t9-,10+/m1/s1. The van der Waals surface area contributed by atoms with Crippen LogP contribution in [0.2, 0.25) is 0 Å². The minimum absolute atomic E-state index is 0.0662. The van der Waals surface area contributed by atoms with Crippen molar-refractivity contribution in [1.82, 2.24) is 15.3 Å². The summed E-state index contributed by atoms with van der Waals surface area (Å²) >= 11 is 0. The third kappa shape index (κ3) is 3.03. The lowest BCUT2D eigenvalue weighted by Gasteiger charge is -2.37. The molecule has 1 N–H and O–H groups in total. The fourth-order valence-electron chi connectivity index (χ4n) is 2.09. The van der Waals surface area contributed by atoms with Crippen LogP contribution in [-0.2, 0) is 9.84 Å². The fraction of sp³-hybridized carbons (Fsp3) is 0.667. The van der Waals surface area contributed by atoms with Crippen molar-refractivity contribution in [2.45, 2.75) is 37.8 Å². The molecule has 0 aromatic carbocycles. The first-order chi connectivity index (χ1) is 8.94. The molecular weight excluding hydrogens is 264 g/mol. The van der Waals surface area contributed by atoms with Crippen LogP contribution in [0.25, 0.3) is 0 Å². The van der Waals surface area contributed by atoms with Crippen LogP contribution in [0, 0.1) is 0 Å². The fourth-order valence-corrected chi connectivity index (χ4v) is 2.85. The first-order valence-corrected chi connectivity index (χ1v) is 8.14. The van der Waals surface area contributed by atoms with Crippen molar-refractivity contribution in [3.05, 3.63) is 12.4 Å². The zero-order valence-corrected chi connectivity index (χ0v) is 12.3. The number of nitrogens with one attached hydrogen (secondary N) is 1. The summed E-state index contributed by atoms with van der Waals surface area (Å²) in [6, 6.07) is 0.670. The average Bonchev–Trinajstić information content (AvgIpc) is 2.42. The van der Waals surface area contributed by atoms with Gasteiger partial charge in [-0.1, -0.05) is 6.92 Å². The van der Waals surface area contributed by atoms with Crippen LogP contribution < -0.4 is 10.2 Å². The van der Waals surface area contributed by atoms with Gasteiger partial charge in [0.2, 0.25) is 5.95 Å². The van der Waals surface area contributed by atoms with Crippen molar-refractivity contribution in [1.29, 1.82) is 0 Å². The lowest BCUT2D eigenvalue weighted by molar-refractivity contribution is 0.419.